The van der Waals surface area contributed by atoms with E-state index in [1.54, 1.807) is 31.5 Å². The summed E-state index contributed by atoms with van der Waals surface area (Å²) in [7, 11) is 0. The standard InChI is InChI=1S/C21H19ClN6O2/c1-11-12(2)28(14(4)25-11)21-23-9-15(10-24-21)26-20(29)18-13(3)30-27-19(18)16-7-5-6-8-17(16)22/h5-10H,1-4H3,(H,26,29). The third-order valence-corrected chi connectivity index (χ3v) is 5.16. The molecule has 0 bridgehead atoms. The molecule has 152 valence electrons. The average molecular weight is 423 g/mol. The van der Waals surface area contributed by atoms with Gasteiger partial charge in [0.05, 0.1) is 28.8 Å². The molecule has 4 rings (SSSR count). The van der Waals surface area contributed by atoms with Gasteiger partial charge in [-0.2, -0.15) is 0 Å². The molecular formula is C21H19ClN6O2. The number of carbonyl (C=O) groups excluding carboxylic acids is 1. The number of nitrogens with zero attached hydrogens (tertiary/aromatic N) is 5. The summed E-state index contributed by atoms with van der Waals surface area (Å²) in [6.07, 6.45) is 3.10. The lowest BCUT2D eigenvalue weighted by molar-refractivity contribution is 0.102. The van der Waals surface area contributed by atoms with Crippen LogP contribution in [-0.2, 0) is 0 Å². The van der Waals surface area contributed by atoms with E-state index < -0.39 is 0 Å². The van der Waals surface area contributed by atoms with Gasteiger partial charge in [0.15, 0.2) is 0 Å². The lowest BCUT2D eigenvalue weighted by atomic mass is 10.1. The number of amides is 1. The molecule has 0 aliphatic heterocycles. The number of halogens is 1. The van der Waals surface area contributed by atoms with Gasteiger partial charge in [0.1, 0.15) is 22.8 Å². The zero-order chi connectivity index (χ0) is 21.4. The third-order valence-electron chi connectivity index (χ3n) is 4.83. The lowest BCUT2D eigenvalue weighted by Gasteiger charge is -2.08. The molecule has 0 fully saturated rings. The number of rotatable bonds is 4. The highest BCUT2D eigenvalue weighted by Gasteiger charge is 2.23. The minimum absolute atomic E-state index is 0.309. The summed E-state index contributed by atoms with van der Waals surface area (Å²) in [5.74, 6) is 1.29. The monoisotopic (exact) mass is 422 g/mol. The highest BCUT2D eigenvalue weighted by Crippen LogP contribution is 2.31. The van der Waals surface area contributed by atoms with E-state index >= 15 is 0 Å². The molecule has 1 amide bonds. The van der Waals surface area contributed by atoms with E-state index in [0.717, 1.165) is 17.2 Å². The molecular weight excluding hydrogens is 404 g/mol. The van der Waals surface area contributed by atoms with E-state index in [-0.39, 0.29) is 5.91 Å². The summed E-state index contributed by atoms with van der Waals surface area (Å²) >= 11 is 6.27. The Balaban J connectivity index is 1.61. The Morgan fingerprint density at radius 3 is 2.43 bits per heavy atom. The highest BCUT2D eigenvalue weighted by atomic mass is 35.5. The van der Waals surface area contributed by atoms with Crippen LogP contribution in [0.4, 0.5) is 5.69 Å². The summed E-state index contributed by atoms with van der Waals surface area (Å²) in [6.45, 7) is 7.46. The maximum absolute atomic E-state index is 12.9. The van der Waals surface area contributed by atoms with Crippen molar-refractivity contribution < 1.29 is 9.32 Å². The first-order valence-electron chi connectivity index (χ1n) is 9.24. The molecule has 0 saturated carbocycles. The number of benzene rings is 1. The second kappa shape index (κ2) is 7.72. The van der Waals surface area contributed by atoms with Crippen LogP contribution in [0.3, 0.4) is 0 Å². The molecule has 0 unspecified atom stereocenters. The van der Waals surface area contributed by atoms with Crippen molar-refractivity contribution in [2.45, 2.75) is 27.7 Å². The van der Waals surface area contributed by atoms with Crippen LogP contribution >= 0.6 is 11.6 Å². The highest BCUT2D eigenvalue weighted by molar-refractivity contribution is 6.33. The molecule has 0 radical (unpaired) electrons. The van der Waals surface area contributed by atoms with Crippen molar-refractivity contribution in [3.63, 3.8) is 0 Å². The summed E-state index contributed by atoms with van der Waals surface area (Å²) in [4.78, 5) is 26.1. The molecule has 1 N–H and O–H groups in total. The van der Waals surface area contributed by atoms with E-state index in [2.05, 4.69) is 25.4 Å². The predicted octanol–water partition coefficient (Wildman–Crippen LogP) is 4.46. The quantitative estimate of drug-likeness (QED) is 0.521. The predicted molar refractivity (Wildman–Crippen MR) is 113 cm³/mol. The number of nitrogens with one attached hydrogen (secondary N) is 1. The Kier molecular flexibility index (Phi) is 5.09. The van der Waals surface area contributed by atoms with Crippen molar-refractivity contribution in [2.75, 3.05) is 5.32 Å². The Morgan fingerprint density at radius 2 is 1.80 bits per heavy atom. The molecule has 0 aliphatic carbocycles. The minimum Gasteiger partial charge on any atom is -0.360 e. The van der Waals surface area contributed by atoms with Crippen molar-refractivity contribution in [2.24, 2.45) is 0 Å². The van der Waals surface area contributed by atoms with Gasteiger partial charge in [-0.05, 0) is 33.8 Å². The van der Waals surface area contributed by atoms with Crippen molar-refractivity contribution in [1.29, 1.82) is 0 Å². The van der Waals surface area contributed by atoms with Gasteiger partial charge in [-0.15, -0.1) is 0 Å². The summed E-state index contributed by atoms with van der Waals surface area (Å²) in [5.41, 5.74) is 3.64. The summed E-state index contributed by atoms with van der Waals surface area (Å²) < 4.78 is 7.12. The normalized spacial score (nSPS) is 11.0. The van der Waals surface area contributed by atoms with Crippen LogP contribution in [0.5, 0.6) is 0 Å². The van der Waals surface area contributed by atoms with Crippen LogP contribution in [0, 0.1) is 27.7 Å². The third kappa shape index (κ3) is 3.46. The molecule has 0 saturated heterocycles. The average Bonchev–Trinajstić information content (AvgIpc) is 3.22. The Morgan fingerprint density at radius 1 is 1.10 bits per heavy atom. The number of carbonyl (C=O) groups is 1. The van der Waals surface area contributed by atoms with Gasteiger partial charge in [-0.3, -0.25) is 9.36 Å². The maximum Gasteiger partial charge on any atom is 0.261 e. The van der Waals surface area contributed by atoms with Crippen molar-refractivity contribution in [1.82, 2.24) is 24.7 Å². The minimum atomic E-state index is -0.383. The maximum atomic E-state index is 12.9. The van der Waals surface area contributed by atoms with Gasteiger partial charge < -0.3 is 9.84 Å². The number of hydrogen-bond acceptors (Lipinski definition) is 6. The van der Waals surface area contributed by atoms with Crippen LogP contribution in [0.15, 0.2) is 41.2 Å². The first-order valence-corrected chi connectivity index (χ1v) is 9.62. The molecule has 4 aromatic rings. The second-order valence-electron chi connectivity index (χ2n) is 6.83. The van der Waals surface area contributed by atoms with Crippen LogP contribution in [-0.4, -0.2) is 30.6 Å². The SMILES string of the molecule is Cc1nc(C)n(-c2ncc(NC(=O)c3c(-c4ccccc4Cl)noc3C)cn2)c1C. The van der Waals surface area contributed by atoms with E-state index in [9.17, 15) is 4.79 Å². The smallest absolute Gasteiger partial charge is 0.261 e. The van der Waals surface area contributed by atoms with Gasteiger partial charge in [0.2, 0.25) is 5.95 Å². The molecule has 0 spiro atoms. The van der Waals surface area contributed by atoms with E-state index in [4.69, 9.17) is 16.1 Å². The molecule has 3 aromatic heterocycles. The molecule has 0 aliphatic rings. The summed E-state index contributed by atoms with van der Waals surface area (Å²) in [6, 6.07) is 7.15. The Labute approximate surface area is 177 Å². The van der Waals surface area contributed by atoms with Crippen LogP contribution in [0.1, 0.15) is 33.3 Å². The number of anilines is 1. The Bertz CT molecular complexity index is 1240. The van der Waals surface area contributed by atoms with Crippen LogP contribution in [0.2, 0.25) is 5.02 Å². The molecule has 30 heavy (non-hydrogen) atoms. The molecule has 1 aromatic carbocycles. The topological polar surface area (TPSA) is 98.7 Å². The molecule has 9 heteroatoms. The van der Waals surface area contributed by atoms with Crippen molar-refractivity contribution in [3.8, 4) is 17.2 Å². The Hall–Kier alpha value is -3.52. The van der Waals surface area contributed by atoms with Crippen molar-refractivity contribution in [3.05, 3.63) is 70.2 Å². The molecule has 0 atom stereocenters. The van der Waals surface area contributed by atoms with Crippen LogP contribution < -0.4 is 5.32 Å². The first-order chi connectivity index (χ1) is 14.4. The number of hydrogen-bond donors (Lipinski definition) is 1. The van der Waals surface area contributed by atoms with Crippen molar-refractivity contribution >= 4 is 23.2 Å². The van der Waals surface area contributed by atoms with E-state index in [1.807, 2.05) is 37.5 Å². The zero-order valence-corrected chi connectivity index (χ0v) is 17.7. The number of aryl methyl sites for hydroxylation is 3. The zero-order valence-electron chi connectivity index (χ0n) is 16.9. The number of aromatic nitrogens is 5. The van der Waals surface area contributed by atoms with Gasteiger partial charge in [0, 0.05) is 11.3 Å². The van der Waals surface area contributed by atoms with Gasteiger partial charge in [-0.25, -0.2) is 15.0 Å². The second-order valence-corrected chi connectivity index (χ2v) is 7.24. The van der Waals surface area contributed by atoms with Gasteiger partial charge >= 0.3 is 0 Å². The van der Waals surface area contributed by atoms with Gasteiger partial charge in [-0.1, -0.05) is 35.0 Å². The van der Waals surface area contributed by atoms with Gasteiger partial charge in [0.25, 0.3) is 5.91 Å². The van der Waals surface area contributed by atoms with E-state index in [1.165, 1.54) is 0 Å². The fourth-order valence-electron chi connectivity index (χ4n) is 3.24. The lowest BCUT2D eigenvalue weighted by Crippen LogP contribution is -2.14. The van der Waals surface area contributed by atoms with E-state index in [0.29, 0.717) is 39.2 Å². The fourth-order valence-corrected chi connectivity index (χ4v) is 3.47. The molecule has 8 nitrogen and oxygen atoms in total. The number of imidazole rings is 1. The molecule has 3 heterocycles. The summed E-state index contributed by atoms with van der Waals surface area (Å²) in [5, 5.41) is 7.30. The first kappa shape index (κ1) is 19.8. The largest absolute Gasteiger partial charge is 0.360 e. The van der Waals surface area contributed by atoms with Crippen LogP contribution in [0.25, 0.3) is 17.2 Å². The fraction of sp³-hybridized carbons (Fsp3) is 0.190.